The fourth-order valence-electron chi connectivity index (χ4n) is 4.78. The molecule has 0 aliphatic rings. The van der Waals surface area contributed by atoms with Crippen molar-refractivity contribution in [2.24, 2.45) is 20.5 Å². The summed E-state index contributed by atoms with van der Waals surface area (Å²) in [4.78, 5) is 23.8. The lowest BCUT2D eigenvalue weighted by molar-refractivity contribution is -0.137. The zero-order chi connectivity index (χ0) is 34.3. The Morgan fingerprint density at radius 3 is 2.02 bits per heavy atom. The van der Waals surface area contributed by atoms with E-state index in [1.807, 2.05) is 54.6 Å². The molecule has 0 N–H and O–H groups in total. The molecule has 0 radical (unpaired) electrons. The number of esters is 2. The predicted octanol–water partition coefficient (Wildman–Crippen LogP) is 10.6. The molecule has 10 nitrogen and oxygen atoms in total. The molecule has 10 heteroatoms. The Kier molecular flexibility index (Phi) is 12.3. The van der Waals surface area contributed by atoms with E-state index in [2.05, 4.69) is 27.0 Å². The van der Waals surface area contributed by atoms with Crippen molar-refractivity contribution < 1.29 is 28.5 Å². The van der Waals surface area contributed by atoms with Crippen LogP contribution in [0.4, 0.5) is 22.7 Å². The summed E-state index contributed by atoms with van der Waals surface area (Å²) in [6, 6.07) is 32.6. The summed E-state index contributed by atoms with van der Waals surface area (Å²) < 4.78 is 22.0. The third-order valence-electron chi connectivity index (χ3n) is 7.33. The number of hydrogen-bond acceptors (Lipinski definition) is 10. The van der Waals surface area contributed by atoms with Gasteiger partial charge in [0.2, 0.25) is 0 Å². The first-order valence-electron chi connectivity index (χ1n) is 15.9. The number of azo groups is 2. The lowest BCUT2D eigenvalue weighted by Crippen LogP contribution is -2.08. The Hall–Kier alpha value is -6.16. The van der Waals surface area contributed by atoms with Crippen LogP contribution in [0.15, 0.2) is 142 Å². The largest absolute Gasteiger partial charge is 0.494 e. The van der Waals surface area contributed by atoms with Crippen LogP contribution in [0.1, 0.15) is 36.0 Å². The number of fused-ring (bicyclic) bond motifs is 1. The van der Waals surface area contributed by atoms with Crippen molar-refractivity contribution in [3.05, 3.63) is 127 Å². The minimum atomic E-state index is -0.487. The molecule has 5 rings (SSSR count). The second-order valence-corrected chi connectivity index (χ2v) is 10.8. The number of methoxy groups -OCH3 is 1. The third-order valence-corrected chi connectivity index (χ3v) is 7.33. The fourth-order valence-corrected chi connectivity index (χ4v) is 4.78. The molecule has 0 aromatic heterocycles. The van der Waals surface area contributed by atoms with E-state index in [-0.39, 0.29) is 0 Å². The molecule has 248 valence electrons. The summed E-state index contributed by atoms with van der Waals surface area (Å²) in [7, 11) is 1.57. The van der Waals surface area contributed by atoms with Gasteiger partial charge in [-0.05, 0) is 86.3 Å². The van der Waals surface area contributed by atoms with Gasteiger partial charge >= 0.3 is 11.9 Å². The molecule has 0 saturated carbocycles. The smallest absolute Gasteiger partial charge is 0.343 e. The summed E-state index contributed by atoms with van der Waals surface area (Å²) in [5.74, 6) is 0.665. The van der Waals surface area contributed by atoms with E-state index in [1.54, 1.807) is 61.7 Å². The number of carbonyl (C=O) groups is 2. The zero-order valence-corrected chi connectivity index (χ0v) is 27.2. The lowest BCUT2D eigenvalue weighted by atomic mass is 10.1. The van der Waals surface area contributed by atoms with Gasteiger partial charge in [0.15, 0.2) is 0 Å². The highest BCUT2D eigenvalue weighted by atomic mass is 16.5. The van der Waals surface area contributed by atoms with Gasteiger partial charge < -0.3 is 18.9 Å². The molecule has 0 bridgehead atoms. The summed E-state index contributed by atoms with van der Waals surface area (Å²) >= 11 is 0. The molecular weight excluding hydrogens is 620 g/mol. The maximum Gasteiger partial charge on any atom is 0.343 e. The number of ether oxygens (including phenoxy) is 4. The van der Waals surface area contributed by atoms with Gasteiger partial charge in [-0.3, -0.25) is 0 Å². The minimum absolute atomic E-state index is 0.375. The first kappa shape index (κ1) is 34.2. The standard InChI is InChI=1S/C39H36N4O6/c1-3-37(44)48-26-12-5-4-11-25-47-31-21-17-28(18-22-31)39(45)49-32-23-19-30(20-24-32)41-43-38-34-16-10-9-15-33(34)35(27-36(38)46-2)42-40-29-13-7-6-8-14-29/h3,6-10,13-24,27H,1,4-5,11-12,25-26H2,2H3. The van der Waals surface area contributed by atoms with Crippen molar-refractivity contribution in [1.82, 2.24) is 0 Å². The van der Waals surface area contributed by atoms with Crippen molar-refractivity contribution in [3.8, 4) is 17.2 Å². The van der Waals surface area contributed by atoms with Crippen LogP contribution in [-0.4, -0.2) is 32.3 Å². The average molecular weight is 657 g/mol. The van der Waals surface area contributed by atoms with Crippen molar-refractivity contribution >= 4 is 45.5 Å². The van der Waals surface area contributed by atoms with Crippen LogP contribution in [0.5, 0.6) is 17.2 Å². The van der Waals surface area contributed by atoms with Crippen LogP contribution in [0.25, 0.3) is 10.8 Å². The normalized spacial score (nSPS) is 11.1. The van der Waals surface area contributed by atoms with Gasteiger partial charge in [0.1, 0.15) is 22.9 Å². The summed E-state index contributed by atoms with van der Waals surface area (Å²) in [6.07, 6.45) is 4.72. The molecule has 5 aromatic carbocycles. The number of benzene rings is 5. The zero-order valence-electron chi connectivity index (χ0n) is 27.2. The van der Waals surface area contributed by atoms with Gasteiger partial charge in [-0.2, -0.15) is 10.2 Å². The number of carbonyl (C=O) groups excluding carboxylic acids is 2. The maximum atomic E-state index is 12.7. The highest BCUT2D eigenvalue weighted by molar-refractivity contribution is 6.02. The Bertz CT molecular complexity index is 1920. The Labute approximate surface area is 284 Å². The van der Waals surface area contributed by atoms with E-state index in [0.29, 0.717) is 53.1 Å². The second kappa shape index (κ2) is 17.7. The van der Waals surface area contributed by atoms with E-state index < -0.39 is 11.9 Å². The van der Waals surface area contributed by atoms with E-state index >= 15 is 0 Å². The van der Waals surface area contributed by atoms with E-state index in [1.165, 1.54) is 0 Å². The van der Waals surface area contributed by atoms with Gasteiger partial charge in [0.05, 0.1) is 42.9 Å². The molecular formula is C39H36N4O6. The quantitative estimate of drug-likeness (QED) is 0.0342. The predicted molar refractivity (Wildman–Crippen MR) is 188 cm³/mol. The molecule has 0 unspecified atom stereocenters. The molecule has 0 amide bonds. The van der Waals surface area contributed by atoms with Crippen LogP contribution < -0.4 is 14.2 Å². The molecule has 0 fully saturated rings. The molecule has 0 heterocycles. The van der Waals surface area contributed by atoms with Crippen LogP contribution in [0.2, 0.25) is 0 Å². The Morgan fingerprint density at radius 1 is 0.673 bits per heavy atom. The lowest BCUT2D eigenvalue weighted by Gasteiger charge is -2.10. The van der Waals surface area contributed by atoms with Crippen molar-refractivity contribution in [2.45, 2.75) is 25.7 Å². The third kappa shape index (κ3) is 9.92. The van der Waals surface area contributed by atoms with Gasteiger partial charge in [-0.25, -0.2) is 9.59 Å². The highest BCUT2D eigenvalue weighted by Crippen LogP contribution is 2.42. The van der Waals surface area contributed by atoms with Gasteiger partial charge in [0, 0.05) is 22.9 Å². The first-order chi connectivity index (χ1) is 24.0. The van der Waals surface area contributed by atoms with Crippen molar-refractivity contribution in [1.29, 1.82) is 0 Å². The summed E-state index contributed by atoms with van der Waals surface area (Å²) in [5.41, 5.74) is 2.92. The Morgan fingerprint density at radius 2 is 1.31 bits per heavy atom. The molecule has 0 aliphatic heterocycles. The Balaban J connectivity index is 1.15. The van der Waals surface area contributed by atoms with Gasteiger partial charge in [-0.15, -0.1) is 10.2 Å². The molecule has 49 heavy (non-hydrogen) atoms. The molecule has 0 saturated heterocycles. The monoisotopic (exact) mass is 656 g/mol. The molecule has 5 aromatic rings. The molecule has 0 atom stereocenters. The summed E-state index contributed by atoms with van der Waals surface area (Å²) in [6.45, 7) is 4.32. The second-order valence-electron chi connectivity index (χ2n) is 10.8. The van der Waals surface area contributed by atoms with E-state index in [0.717, 1.165) is 48.2 Å². The van der Waals surface area contributed by atoms with Crippen LogP contribution in [0.3, 0.4) is 0 Å². The molecule has 0 aliphatic carbocycles. The number of unbranched alkanes of at least 4 members (excludes halogenated alkanes) is 3. The van der Waals surface area contributed by atoms with E-state index in [4.69, 9.17) is 18.9 Å². The van der Waals surface area contributed by atoms with Gasteiger partial charge in [-0.1, -0.05) is 49.0 Å². The summed E-state index contributed by atoms with van der Waals surface area (Å²) in [5, 5.41) is 19.5. The first-order valence-corrected chi connectivity index (χ1v) is 15.9. The maximum absolute atomic E-state index is 12.7. The molecule has 0 spiro atoms. The highest BCUT2D eigenvalue weighted by Gasteiger charge is 2.13. The fraction of sp³-hybridized carbons (Fsp3) is 0.179. The minimum Gasteiger partial charge on any atom is -0.494 e. The number of nitrogens with zero attached hydrogens (tertiary/aromatic N) is 4. The van der Waals surface area contributed by atoms with E-state index in [9.17, 15) is 9.59 Å². The average Bonchev–Trinajstić information content (AvgIpc) is 3.15. The number of rotatable bonds is 16. The van der Waals surface area contributed by atoms with Crippen LogP contribution >= 0.6 is 0 Å². The SMILES string of the molecule is C=CC(=O)OCCCCCCOc1ccc(C(=O)Oc2ccc(N=Nc3c(OC)cc(N=Nc4ccccc4)c4ccccc34)cc2)cc1. The van der Waals surface area contributed by atoms with Crippen LogP contribution in [-0.2, 0) is 9.53 Å². The van der Waals surface area contributed by atoms with Crippen molar-refractivity contribution in [2.75, 3.05) is 20.3 Å². The topological polar surface area (TPSA) is 120 Å². The van der Waals surface area contributed by atoms with Crippen LogP contribution in [0, 0.1) is 0 Å². The van der Waals surface area contributed by atoms with Crippen molar-refractivity contribution in [3.63, 3.8) is 0 Å². The number of hydrogen-bond donors (Lipinski definition) is 0. The van der Waals surface area contributed by atoms with Gasteiger partial charge in [0.25, 0.3) is 0 Å².